The molecule has 0 atom stereocenters. The minimum absolute atomic E-state index is 0.803. The molecule has 0 spiro atoms. The van der Waals surface area contributed by atoms with Crippen molar-refractivity contribution in [3.63, 3.8) is 0 Å². The van der Waals surface area contributed by atoms with Crippen molar-refractivity contribution in [2.75, 3.05) is 5.33 Å². The van der Waals surface area contributed by atoms with Crippen LogP contribution >= 0.6 is 38.5 Å². The Balaban J connectivity index is 0. The van der Waals surface area contributed by atoms with Crippen LogP contribution in [-0.4, -0.2) is 9.25 Å². The quantitative estimate of drug-likeness (QED) is 0.394. The summed E-state index contributed by atoms with van der Waals surface area (Å²) in [5, 5.41) is 0.896. The van der Waals surface area contributed by atoms with Crippen LogP contribution < -0.4 is 0 Å². The van der Waals surface area contributed by atoms with Crippen LogP contribution in [0.1, 0.15) is 13.8 Å². The van der Waals surface area contributed by atoms with Crippen LogP contribution in [0, 0.1) is 0 Å². The van der Waals surface area contributed by atoms with Crippen LogP contribution in [0.5, 0.6) is 0 Å². The van der Waals surface area contributed by atoms with Crippen molar-refractivity contribution in [1.29, 1.82) is 0 Å². The zero-order valence-electron chi connectivity index (χ0n) is 5.32. The highest BCUT2D eigenvalue weighted by molar-refractivity contribution is 14.1. The maximum absolute atomic E-state index is 3.43. The van der Waals surface area contributed by atoms with Crippen LogP contribution in [0.3, 0.4) is 0 Å². The third kappa shape index (κ3) is 64.7. The summed E-state index contributed by atoms with van der Waals surface area (Å²) in [7, 11) is 0. The fourth-order valence-corrected chi connectivity index (χ4v) is 0. The Morgan fingerprint density at radius 3 is 1.88 bits per heavy atom. The Bertz CT molecular complexity index is 41.0. The Hall–Kier alpha value is 0.950. The van der Waals surface area contributed by atoms with Gasteiger partial charge in [-0.15, -0.1) is 6.58 Å². The fraction of sp³-hybridized carbons (Fsp3) is 0.667. The summed E-state index contributed by atoms with van der Waals surface area (Å²) in [6.07, 6.45) is 1.79. The summed E-state index contributed by atoms with van der Waals surface area (Å²) in [6, 6.07) is 0. The van der Waals surface area contributed by atoms with E-state index in [4.69, 9.17) is 0 Å². The van der Waals surface area contributed by atoms with Crippen molar-refractivity contribution in [1.82, 2.24) is 0 Å². The van der Waals surface area contributed by atoms with Crippen LogP contribution in [0.15, 0.2) is 12.7 Å². The smallest absolute Gasteiger partial charge is 0.0209 e. The first-order valence-electron chi connectivity index (χ1n) is 2.46. The Morgan fingerprint density at radius 1 is 1.75 bits per heavy atom. The second-order valence-corrected chi connectivity index (χ2v) is 4.60. The third-order valence-electron chi connectivity index (χ3n) is 0.109. The highest BCUT2D eigenvalue weighted by atomic mass is 127. The topological polar surface area (TPSA) is 0 Å². The van der Waals surface area contributed by atoms with Gasteiger partial charge in [0.25, 0.3) is 0 Å². The van der Waals surface area contributed by atoms with Crippen molar-refractivity contribution < 1.29 is 0 Å². The van der Waals surface area contributed by atoms with E-state index in [2.05, 4.69) is 58.9 Å². The molecule has 0 aromatic carbocycles. The van der Waals surface area contributed by atoms with E-state index < -0.39 is 0 Å². The maximum Gasteiger partial charge on any atom is 0.0209 e. The van der Waals surface area contributed by atoms with Crippen molar-refractivity contribution in [3.8, 4) is 0 Å². The van der Waals surface area contributed by atoms with E-state index in [-0.39, 0.29) is 0 Å². The highest BCUT2D eigenvalue weighted by Crippen LogP contribution is 1.91. The minimum atomic E-state index is 0.803. The lowest BCUT2D eigenvalue weighted by Crippen LogP contribution is -1.69. The molecule has 0 saturated carbocycles. The number of allylic oxidation sites excluding steroid dienone is 1. The lowest BCUT2D eigenvalue weighted by atomic mass is 10.6. The predicted molar refractivity (Wildman–Crippen MR) is 53.1 cm³/mol. The molecule has 0 heterocycles. The first kappa shape index (κ1) is 11.7. The Morgan fingerprint density at radius 2 is 1.88 bits per heavy atom. The minimum Gasteiger partial charge on any atom is -0.102 e. The van der Waals surface area contributed by atoms with Gasteiger partial charge in [0.1, 0.15) is 0 Å². The van der Waals surface area contributed by atoms with Gasteiger partial charge in [0.15, 0.2) is 0 Å². The SMILES string of the molecule is C=CCBr.CC(C)I. The van der Waals surface area contributed by atoms with Gasteiger partial charge >= 0.3 is 0 Å². The summed E-state index contributed by atoms with van der Waals surface area (Å²) in [4.78, 5) is 0. The van der Waals surface area contributed by atoms with E-state index >= 15 is 0 Å². The van der Waals surface area contributed by atoms with Crippen molar-refractivity contribution in [2.45, 2.75) is 17.8 Å². The molecule has 0 rings (SSSR count). The van der Waals surface area contributed by atoms with Gasteiger partial charge in [0.2, 0.25) is 0 Å². The molecule has 0 aliphatic carbocycles. The number of alkyl halides is 2. The zero-order valence-corrected chi connectivity index (χ0v) is 9.07. The van der Waals surface area contributed by atoms with Crippen LogP contribution in [-0.2, 0) is 0 Å². The van der Waals surface area contributed by atoms with E-state index in [0.717, 1.165) is 9.25 Å². The summed E-state index contributed by atoms with van der Waals surface area (Å²) in [6.45, 7) is 7.74. The second-order valence-electron chi connectivity index (χ2n) is 1.46. The fourth-order valence-electron chi connectivity index (χ4n) is 0. The van der Waals surface area contributed by atoms with Gasteiger partial charge in [-0.2, -0.15) is 0 Å². The zero-order chi connectivity index (χ0) is 6.99. The van der Waals surface area contributed by atoms with Crippen LogP contribution in [0.4, 0.5) is 0 Å². The molecule has 0 aromatic rings. The van der Waals surface area contributed by atoms with Gasteiger partial charge < -0.3 is 0 Å². The van der Waals surface area contributed by atoms with E-state index in [1.54, 1.807) is 6.08 Å². The van der Waals surface area contributed by atoms with Crippen molar-refractivity contribution in [2.24, 2.45) is 0 Å². The van der Waals surface area contributed by atoms with Crippen molar-refractivity contribution in [3.05, 3.63) is 12.7 Å². The average Bonchev–Trinajstić information content (AvgIpc) is 1.65. The molecule has 0 nitrogen and oxygen atoms in total. The molecule has 2 heteroatoms. The standard InChI is InChI=1S/C3H5Br.C3H7I/c1-2-3-4;1-3(2)4/h2H,1,3H2;3H,1-2H3. The number of rotatable bonds is 1. The van der Waals surface area contributed by atoms with Gasteiger partial charge in [0.05, 0.1) is 0 Å². The van der Waals surface area contributed by atoms with Gasteiger partial charge in [-0.25, -0.2) is 0 Å². The number of hydrogen-bond acceptors (Lipinski definition) is 0. The van der Waals surface area contributed by atoms with E-state index in [0.29, 0.717) is 0 Å². The predicted octanol–water partition coefficient (Wildman–Crippen LogP) is 3.40. The molecule has 0 aliphatic rings. The largest absolute Gasteiger partial charge is 0.102 e. The first-order chi connectivity index (χ1) is 3.65. The molecule has 0 fully saturated rings. The monoisotopic (exact) mass is 290 g/mol. The molecule has 0 aliphatic heterocycles. The second kappa shape index (κ2) is 10.8. The highest BCUT2D eigenvalue weighted by Gasteiger charge is 1.70. The molecule has 0 amide bonds. The summed E-state index contributed by atoms with van der Waals surface area (Å²) in [5.41, 5.74) is 0. The first-order valence-corrected chi connectivity index (χ1v) is 4.82. The molecule has 50 valence electrons. The van der Waals surface area contributed by atoms with Crippen LogP contribution in [0.2, 0.25) is 0 Å². The molecular formula is C6H12BrI. The summed E-state index contributed by atoms with van der Waals surface area (Å²) >= 11 is 5.47. The van der Waals surface area contributed by atoms with Gasteiger partial charge in [-0.1, -0.05) is 58.4 Å². The maximum atomic E-state index is 3.43. The normalized spacial score (nSPS) is 7.62. The summed E-state index contributed by atoms with van der Waals surface area (Å²) < 4.78 is 0.803. The molecule has 0 bridgehead atoms. The molecule has 0 aromatic heterocycles. The molecular weight excluding hydrogens is 279 g/mol. The molecule has 0 radical (unpaired) electrons. The molecule has 0 unspecified atom stereocenters. The lowest BCUT2D eigenvalue weighted by Gasteiger charge is -1.76. The van der Waals surface area contributed by atoms with Crippen LogP contribution in [0.25, 0.3) is 0 Å². The van der Waals surface area contributed by atoms with Crippen molar-refractivity contribution >= 4 is 38.5 Å². The number of hydrogen-bond donors (Lipinski definition) is 0. The van der Waals surface area contributed by atoms with Gasteiger partial charge in [-0.3, -0.25) is 0 Å². The van der Waals surface area contributed by atoms with E-state index in [9.17, 15) is 0 Å². The van der Waals surface area contributed by atoms with Gasteiger partial charge in [0, 0.05) is 9.25 Å². The molecule has 0 saturated heterocycles. The van der Waals surface area contributed by atoms with E-state index in [1.807, 2.05) is 0 Å². The molecule has 8 heavy (non-hydrogen) atoms. The average molecular weight is 291 g/mol. The van der Waals surface area contributed by atoms with Gasteiger partial charge in [-0.05, 0) is 0 Å². The Kier molecular flexibility index (Phi) is 15.9. The van der Waals surface area contributed by atoms with E-state index in [1.165, 1.54) is 0 Å². The number of halogens is 2. The molecule has 0 N–H and O–H groups in total. The Labute approximate surface area is 74.0 Å². The third-order valence-corrected chi connectivity index (χ3v) is 0.567. The lowest BCUT2D eigenvalue weighted by molar-refractivity contribution is 1.16. The summed E-state index contributed by atoms with van der Waals surface area (Å²) in [5.74, 6) is 0.